The summed E-state index contributed by atoms with van der Waals surface area (Å²) in [6.07, 6.45) is 1.04. The quantitative estimate of drug-likeness (QED) is 0.844. The molecule has 0 aliphatic heterocycles. The third-order valence-electron chi connectivity index (χ3n) is 2.69. The van der Waals surface area contributed by atoms with Gasteiger partial charge in [-0.1, -0.05) is 6.07 Å². The van der Waals surface area contributed by atoms with E-state index in [-0.39, 0.29) is 5.60 Å². The minimum Gasteiger partial charge on any atom is -0.376 e. The predicted octanol–water partition coefficient (Wildman–Crippen LogP) is 2.43. The van der Waals surface area contributed by atoms with Crippen molar-refractivity contribution in [3.63, 3.8) is 0 Å². The van der Waals surface area contributed by atoms with Crippen LogP contribution in [0.1, 0.15) is 13.3 Å². The van der Waals surface area contributed by atoms with E-state index in [2.05, 4.69) is 33.2 Å². The Balaban J connectivity index is 2.00. The first-order valence-corrected chi connectivity index (χ1v) is 5.37. The molecule has 1 aromatic heterocycles. The molecule has 1 fully saturated rings. The Kier molecular flexibility index (Phi) is 2.49. The number of nitrogens with zero attached hydrogens (tertiary/aromatic N) is 1. The van der Waals surface area contributed by atoms with Crippen LogP contribution in [0.15, 0.2) is 22.8 Å². The highest BCUT2D eigenvalue weighted by Gasteiger charge is 2.51. The molecule has 0 saturated heterocycles. The Hall–Kier alpha value is -0.610. The summed E-state index contributed by atoms with van der Waals surface area (Å²) in [6.45, 7) is 2.10. The van der Waals surface area contributed by atoms with Crippen molar-refractivity contribution in [1.29, 1.82) is 0 Å². The van der Waals surface area contributed by atoms with E-state index in [1.807, 2.05) is 18.2 Å². The number of ether oxygens (including phenoxy) is 1. The van der Waals surface area contributed by atoms with Crippen LogP contribution in [0.4, 0.5) is 5.82 Å². The summed E-state index contributed by atoms with van der Waals surface area (Å²) in [5.41, 5.74) is -0.00992. The molecule has 0 aromatic carbocycles. The largest absolute Gasteiger partial charge is 0.376 e. The van der Waals surface area contributed by atoms with E-state index in [9.17, 15) is 0 Å². The van der Waals surface area contributed by atoms with Gasteiger partial charge < -0.3 is 10.1 Å². The number of methoxy groups -OCH3 is 1. The molecule has 0 bridgehead atoms. The lowest BCUT2D eigenvalue weighted by molar-refractivity contribution is 0.0936. The first kappa shape index (κ1) is 9.93. The molecular weight excluding hydrogens is 244 g/mol. The summed E-state index contributed by atoms with van der Waals surface area (Å²) in [5.74, 6) is 0.894. The van der Waals surface area contributed by atoms with Crippen molar-refractivity contribution in [3.8, 4) is 0 Å². The lowest BCUT2D eigenvalue weighted by Crippen LogP contribution is -2.18. The molecule has 0 radical (unpaired) electrons. The van der Waals surface area contributed by atoms with Gasteiger partial charge in [-0.2, -0.15) is 0 Å². The maximum absolute atomic E-state index is 5.36. The van der Waals surface area contributed by atoms with Gasteiger partial charge in [0.05, 0.1) is 11.6 Å². The third kappa shape index (κ3) is 1.91. The van der Waals surface area contributed by atoms with Gasteiger partial charge in [-0.05, 0) is 35.0 Å². The summed E-state index contributed by atoms with van der Waals surface area (Å²) in [5, 5.41) is 3.33. The second-order valence-electron chi connectivity index (χ2n) is 3.76. The Morgan fingerprint density at radius 1 is 1.64 bits per heavy atom. The summed E-state index contributed by atoms with van der Waals surface area (Å²) < 4.78 is 6.21. The third-order valence-corrected chi connectivity index (χ3v) is 3.13. The molecule has 1 heterocycles. The normalized spacial score (nSPS) is 30.1. The monoisotopic (exact) mass is 256 g/mol. The zero-order chi connectivity index (χ0) is 10.2. The van der Waals surface area contributed by atoms with Gasteiger partial charge in [-0.3, -0.25) is 0 Å². The van der Waals surface area contributed by atoms with E-state index in [0.29, 0.717) is 6.04 Å². The van der Waals surface area contributed by atoms with Crippen LogP contribution in [0, 0.1) is 0 Å². The van der Waals surface area contributed by atoms with E-state index in [1.165, 1.54) is 0 Å². The molecule has 1 N–H and O–H groups in total. The zero-order valence-electron chi connectivity index (χ0n) is 8.25. The molecule has 1 aliphatic carbocycles. The first-order valence-electron chi connectivity index (χ1n) is 4.58. The average Bonchev–Trinajstić information content (AvgIpc) is 2.78. The standard InChI is InChI=1S/C10H13BrN2O/c1-10(14-2)6-7(10)12-9-5-3-4-8(11)13-9/h3-5,7H,6H2,1-2H3,(H,12,13)/t7-,10+/m1/s1. The SMILES string of the molecule is CO[C@@]1(C)C[C@H]1Nc1cccc(Br)n1. The van der Waals surface area contributed by atoms with Gasteiger partial charge in [0.2, 0.25) is 0 Å². The van der Waals surface area contributed by atoms with Crippen molar-refractivity contribution in [1.82, 2.24) is 4.98 Å². The van der Waals surface area contributed by atoms with Crippen LogP contribution in [-0.2, 0) is 4.74 Å². The Labute approximate surface area is 92.0 Å². The molecule has 1 aromatic rings. The molecule has 3 nitrogen and oxygen atoms in total. The topological polar surface area (TPSA) is 34.1 Å². The second-order valence-corrected chi connectivity index (χ2v) is 4.58. The van der Waals surface area contributed by atoms with Crippen LogP contribution >= 0.6 is 15.9 Å². The molecule has 0 unspecified atom stereocenters. The Morgan fingerprint density at radius 2 is 2.43 bits per heavy atom. The summed E-state index contributed by atoms with van der Waals surface area (Å²) >= 11 is 3.34. The second kappa shape index (κ2) is 3.51. The lowest BCUT2D eigenvalue weighted by Gasteiger charge is -2.10. The van der Waals surface area contributed by atoms with Gasteiger partial charge in [0.15, 0.2) is 0 Å². The highest BCUT2D eigenvalue weighted by atomic mass is 79.9. The van der Waals surface area contributed by atoms with Gasteiger partial charge in [0.1, 0.15) is 10.4 Å². The predicted molar refractivity (Wildman–Crippen MR) is 59.4 cm³/mol. The van der Waals surface area contributed by atoms with Crippen molar-refractivity contribution in [3.05, 3.63) is 22.8 Å². The van der Waals surface area contributed by atoms with Gasteiger partial charge >= 0.3 is 0 Å². The fourth-order valence-electron chi connectivity index (χ4n) is 1.44. The Bertz CT molecular complexity index is 345. The number of rotatable bonds is 3. The number of anilines is 1. The molecule has 14 heavy (non-hydrogen) atoms. The molecule has 4 heteroatoms. The lowest BCUT2D eigenvalue weighted by atomic mass is 10.4. The van der Waals surface area contributed by atoms with Crippen molar-refractivity contribution in [2.75, 3.05) is 12.4 Å². The van der Waals surface area contributed by atoms with E-state index in [0.717, 1.165) is 16.8 Å². The maximum Gasteiger partial charge on any atom is 0.127 e. The van der Waals surface area contributed by atoms with E-state index in [4.69, 9.17) is 4.74 Å². The molecule has 76 valence electrons. The van der Waals surface area contributed by atoms with Crippen molar-refractivity contribution in [2.45, 2.75) is 25.0 Å². The van der Waals surface area contributed by atoms with Crippen molar-refractivity contribution < 1.29 is 4.74 Å². The van der Waals surface area contributed by atoms with Gasteiger partial charge in [-0.25, -0.2) is 4.98 Å². The van der Waals surface area contributed by atoms with Gasteiger partial charge in [0, 0.05) is 13.5 Å². The van der Waals surface area contributed by atoms with Gasteiger partial charge in [0.25, 0.3) is 0 Å². The molecule has 0 amide bonds. The molecule has 1 aliphatic rings. The van der Waals surface area contributed by atoms with E-state index >= 15 is 0 Å². The average molecular weight is 257 g/mol. The minimum atomic E-state index is -0.00992. The van der Waals surface area contributed by atoms with E-state index < -0.39 is 0 Å². The molecule has 2 atom stereocenters. The van der Waals surface area contributed by atoms with Gasteiger partial charge in [-0.15, -0.1) is 0 Å². The molecule has 0 spiro atoms. The molecule has 1 saturated carbocycles. The van der Waals surface area contributed by atoms with Crippen LogP contribution in [0.2, 0.25) is 0 Å². The fraction of sp³-hybridized carbons (Fsp3) is 0.500. The summed E-state index contributed by atoms with van der Waals surface area (Å²) in [6, 6.07) is 6.22. The maximum atomic E-state index is 5.36. The van der Waals surface area contributed by atoms with Crippen LogP contribution in [-0.4, -0.2) is 23.7 Å². The fourth-order valence-corrected chi connectivity index (χ4v) is 1.79. The number of hydrogen-bond donors (Lipinski definition) is 1. The van der Waals surface area contributed by atoms with Crippen LogP contribution in [0.25, 0.3) is 0 Å². The van der Waals surface area contributed by atoms with E-state index in [1.54, 1.807) is 7.11 Å². The van der Waals surface area contributed by atoms with Crippen LogP contribution < -0.4 is 5.32 Å². The summed E-state index contributed by atoms with van der Waals surface area (Å²) in [7, 11) is 1.75. The number of halogens is 1. The highest BCUT2D eigenvalue weighted by Crippen LogP contribution is 2.40. The number of hydrogen-bond acceptors (Lipinski definition) is 3. The summed E-state index contributed by atoms with van der Waals surface area (Å²) in [4.78, 5) is 4.30. The highest BCUT2D eigenvalue weighted by molar-refractivity contribution is 9.10. The van der Waals surface area contributed by atoms with Crippen molar-refractivity contribution in [2.24, 2.45) is 0 Å². The number of pyridine rings is 1. The van der Waals surface area contributed by atoms with Crippen LogP contribution in [0.5, 0.6) is 0 Å². The molecular formula is C10H13BrN2O. The minimum absolute atomic E-state index is 0.00992. The number of nitrogens with one attached hydrogen (secondary N) is 1. The smallest absolute Gasteiger partial charge is 0.127 e. The zero-order valence-corrected chi connectivity index (χ0v) is 9.84. The Morgan fingerprint density at radius 3 is 3.00 bits per heavy atom. The number of aromatic nitrogens is 1. The van der Waals surface area contributed by atoms with Crippen molar-refractivity contribution >= 4 is 21.7 Å². The molecule has 2 rings (SSSR count). The van der Waals surface area contributed by atoms with Crippen LogP contribution in [0.3, 0.4) is 0 Å². The first-order chi connectivity index (χ1) is 6.64.